The molecule has 2 aromatic carbocycles. The van der Waals surface area contributed by atoms with E-state index in [1.807, 2.05) is 30.3 Å². The van der Waals surface area contributed by atoms with Crippen molar-refractivity contribution in [3.05, 3.63) is 47.5 Å². The van der Waals surface area contributed by atoms with Crippen LogP contribution in [0, 0.1) is 0 Å². The summed E-state index contributed by atoms with van der Waals surface area (Å²) in [4.78, 5) is 11.2. The zero-order valence-electron chi connectivity index (χ0n) is 7.84. The summed E-state index contributed by atoms with van der Waals surface area (Å²) in [6.07, 6.45) is 0. The van der Waals surface area contributed by atoms with Crippen molar-refractivity contribution in [1.29, 1.82) is 0 Å². The first-order valence-corrected chi connectivity index (χ1v) is 5.41. The van der Waals surface area contributed by atoms with Gasteiger partial charge in [0, 0.05) is 11.4 Å². The van der Waals surface area contributed by atoms with E-state index in [9.17, 15) is 4.79 Å². The number of fused-ring (bicyclic) bond motifs is 1. The smallest absolute Gasteiger partial charge is 0.253 e. The lowest BCUT2D eigenvalue weighted by molar-refractivity contribution is 0.108. The fourth-order valence-corrected chi connectivity index (χ4v) is 1.92. The lowest BCUT2D eigenvalue weighted by atomic mass is 10.0. The van der Waals surface area contributed by atoms with Gasteiger partial charge >= 0.3 is 0 Å². The van der Waals surface area contributed by atoms with Gasteiger partial charge in [-0.3, -0.25) is 4.79 Å². The van der Waals surface area contributed by atoms with Crippen molar-refractivity contribution in [2.45, 2.75) is 5.88 Å². The zero-order chi connectivity index (χ0) is 10.8. The molecule has 0 heterocycles. The number of rotatable bonds is 2. The molecule has 1 nitrogen and oxygen atoms in total. The SMILES string of the molecule is O=C(Cl)c1cc(CCl)cc2ccccc12. The Labute approximate surface area is 97.6 Å². The summed E-state index contributed by atoms with van der Waals surface area (Å²) in [6, 6.07) is 11.3. The van der Waals surface area contributed by atoms with Crippen LogP contribution in [0.4, 0.5) is 0 Å². The molecule has 0 saturated heterocycles. The molecule has 0 aliphatic carbocycles. The second-order valence-electron chi connectivity index (χ2n) is 3.27. The Balaban J connectivity index is 2.80. The third-order valence-electron chi connectivity index (χ3n) is 2.29. The molecule has 0 radical (unpaired) electrons. The van der Waals surface area contributed by atoms with Crippen molar-refractivity contribution in [2.24, 2.45) is 0 Å². The van der Waals surface area contributed by atoms with Gasteiger partial charge in [0.15, 0.2) is 0 Å². The molecule has 0 bridgehead atoms. The van der Waals surface area contributed by atoms with Gasteiger partial charge in [0.05, 0.1) is 0 Å². The van der Waals surface area contributed by atoms with Gasteiger partial charge in [-0.2, -0.15) is 0 Å². The highest BCUT2D eigenvalue weighted by Gasteiger charge is 2.08. The number of hydrogen-bond acceptors (Lipinski definition) is 1. The third-order valence-corrected chi connectivity index (χ3v) is 2.80. The highest BCUT2D eigenvalue weighted by Crippen LogP contribution is 2.23. The van der Waals surface area contributed by atoms with Gasteiger partial charge in [-0.15, -0.1) is 11.6 Å². The van der Waals surface area contributed by atoms with Gasteiger partial charge in [-0.1, -0.05) is 24.3 Å². The monoisotopic (exact) mass is 238 g/mol. The Bertz CT molecular complexity index is 520. The summed E-state index contributed by atoms with van der Waals surface area (Å²) < 4.78 is 0. The highest BCUT2D eigenvalue weighted by atomic mass is 35.5. The first-order valence-electron chi connectivity index (χ1n) is 4.50. The van der Waals surface area contributed by atoms with E-state index in [2.05, 4.69) is 0 Å². The van der Waals surface area contributed by atoms with Crippen molar-refractivity contribution in [3.8, 4) is 0 Å². The summed E-state index contributed by atoms with van der Waals surface area (Å²) in [6.45, 7) is 0. The largest absolute Gasteiger partial charge is 0.276 e. The van der Waals surface area contributed by atoms with Gasteiger partial charge in [-0.05, 0) is 40.1 Å². The number of alkyl halides is 1. The molecule has 0 amide bonds. The molecule has 2 aromatic rings. The van der Waals surface area contributed by atoms with Gasteiger partial charge in [0.25, 0.3) is 5.24 Å². The maximum Gasteiger partial charge on any atom is 0.253 e. The Kier molecular flexibility index (Phi) is 2.94. The Morgan fingerprint density at radius 2 is 1.93 bits per heavy atom. The first-order chi connectivity index (χ1) is 7.22. The fraction of sp³-hybridized carbons (Fsp3) is 0.0833. The minimum Gasteiger partial charge on any atom is -0.276 e. The van der Waals surface area contributed by atoms with E-state index >= 15 is 0 Å². The van der Waals surface area contributed by atoms with Crippen molar-refractivity contribution < 1.29 is 4.79 Å². The van der Waals surface area contributed by atoms with Crippen molar-refractivity contribution >= 4 is 39.2 Å². The van der Waals surface area contributed by atoms with Crippen LogP contribution >= 0.6 is 23.2 Å². The molecular formula is C12H8Cl2O. The lowest BCUT2D eigenvalue weighted by Gasteiger charge is -2.05. The average molecular weight is 239 g/mol. The summed E-state index contributed by atoms with van der Waals surface area (Å²) in [5.41, 5.74) is 1.42. The average Bonchev–Trinajstić information content (AvgIpc) is 2.27. The molecule has 0 atom stereocenters. The number of halogens is 2. The maximum atomic E-state index is 11.2. The second kappa shape index (κ2) is 4.21. The molecule has 2 rings (SSSR count). The molecule has 15 heavy (non-hydrogen) atoms. The minimum atomic E-state index is -0.446. The van der Waals surface area contributed by atoms with Crippen molar-refractivity contribution in [3.63, 3.8) is 0 Å². The maximum absolute atomic E-state index is 11.2. The predicted octanol–water partition coefficient (Wildman–Crippen LogP) is 3.96. The van der Waals surface area contributed by atoms with Gasteiger partial charge < -0.3 is 0 Å². The number of hydrogen-bond donors (Lipinski definition) is 0. The molecule has 0 spiro atoms. The van der Waals surface area contributed by atoms with Crippen molar-refractivity contribution in [1.82, 2.24) is 0 Å². The third kappa shape index (κ3) is 1.99. The molecule has 0 aromatic heterocycles. The number of benzene rings is 2. The van der Waals surface area contributed by atoms with Crippen molar-refractivity contribution in [2.75, 3.05) is 0 Å². The quantitative estimate of drug-likeness (QED) is 0.572. The molecule has 76 valence electrons. The molecule has 0 saturated carbocycles. The topological polar surface area (TPSA) is 17.1 Å². The van der Waals surface area contributed by atoms with E-state index in [1.165, 1.54) is 0 Å². The van der Waals surface area contributed by atoms with E-state index in [0.717, 1.165) is 16.3 Å². The molecular weight excluding hydrogens is 231 g/mol. The molecule has 0 aliphatic rings. The van der Waals surface area contributed by atoms with Crippen LogP contribution in [0.5, 0.6) is 0 Å². The van der Waals surface area contributed by atoms with E-state index in [0.29, 0.717) is 11.4 Å². The predicted molar refractivity (Wildman–Crippen MR) is 63.7 cm³/mol. The standard InChI is InChI=1S/C12H8Cl2O/c13-7-8-5-9-3-1-2-4-10(9)11(6-8)12(14)15/h1-6H,7H2. The van der Waals surface area contributed by atoms with Crippen LogP contribution in [0.2, 0.25) is 0 Å². The van der Waals surface area contributed by atoms with Gasteiger partial charge in [-0.25, -0.2) is 0 Å². The van der Waals surface area contributed by atoms with Crippen LogP contribution < -0.4 is 0 Å². The first kappa shape index (κ1) is 10.5. The summed E-state index contributed by atoms with van der Waals surface area (Å²) in [5.74, 6) is 0.377. The van der Waals surface area contributed by atoms with Crippen LogP contribution in [-0.2, 0) is 5.88 Å². The Hall–Kier alpha value is -1.05. The number of carbonyl (C=O) groups is 1. The van der Waals surface area contributed by atoms with Crippen LogP contribution in [0.25, 0.3) is 10.8 Å². The van der Waals surface area contributed by atoms with Crippen LogP contribution in [0.3, 0.4) is 0 Å². The Morgan fingerprint density at radius 1 is 1.20 bits per heavy atom. The normalized spacial score (nSPS) is 10.5. The molecule has 0 aliphatic heterocycles. The summed E-state index contributed by atoms with van der Waals surface area (Å²) >= 11 is 11.3. The Morgan fingerprint density at radius 3 is 2.60 bits per heavy atom. The summed E-state index contributed by atoms with van der Waals surface area (Å²) in [5, 5.41) is 1.41. The highest BCUT2D eigenvalue weighted by molar-refractivity contribution is 6.68. The molecule has 0 fully saturated rings. The van der Waals surface area contributed by atoms with Gasteiger partial charge in [0.1, 0.15) is 0 Å². The van der Waals surface area contributed by atoms with Gasteiger partial charge in [0.2, 0.25) is 0 Å². The van der Waals surface area contributed by atoms with Crippen LogP contribution in [0.15, 0.2) is 36.4 Å². The van der Waals surface area contributed by atoms with E-state index in [-0.39, 0.29) is 0 Å². The van der Waals surface area contributed by atoms with E-state index in [1.54, 1.807) is 6.07 Å². The zero-order valence-corrected chi connectivity index (χ0v) is 9.35. The fourth-order valence-electron chi connectivity index (χ4n) is 1.61. The minimum absolute atomic E-state index is 0.377. The van der Waals surface area contributed by atoms with E-state index in [4.69, 9.17) is 23.2 Å². The summed E-state index contributed by atoms with van der Waals surface area (Å²) in [7, 11) is 0. The molecule has 0 N–H and O–H groups in total. The van der Waals surface area contributed by atoms with Crippen LogP contribution in [-0.4, -0.2) is 5.24 Å². The van der Waals surface area contributed by atoms with E-state index < -0.39 is 5.24 Å². The second-order valence-corrected chi connectivity index (χ2v) is 3.88. The van der Waals surface area contributed by atoms with Crippen LogP contribution in [0.1, 0.15) is 15.9 Å². The number of carbonyl (C=O) groups excluding carboxylic acids is 1. The molecule has 0 unspecified atom stereocenters. The molecule has 3 heteroatoms. The lowest BCUT2D eigenvalue weighted by Crippen LogP contribution is -1.93.